The minimum atomic E-state index is -3.94. The predicted octanol–water partition coefficient (Wildman–Crippen LogP) is 1.08. The van der Waals surface area contributed by atoms with Crippen LogP contribution in [0.15, 0.2) is 52.3 Å². The lowest BCUT2D eigenvalue weighted by Crippen LogP contribution is -2.47. The number of methoxy groups -OCH3 is 1. The highest BCUT2D eigenvalue weighted by molar-refractivity contribution is 7.89. The Labute approximate surface area is 228 Å². The summed E-state index contributed by atoms with van der Waals surface area (Å²) < 4.78 is 84.4. The molecule has 2 aromatic rings. The summed E-state index contributed by atoms with van der Waals surface area (Å²) in [5.74, 6) is -0.235. The zero-order chi connectivity index (χ0) is 28.3. The maximum absolute atomic E-state index is 13.8. The Morgan fingerprint density at radius 2 is 1.92 bits per heavy atom. The summed E-state index contributed by atoms with van der Waals surface area (Å²) in [5, 5.41) is 13.6. The van der Waals surface area contributed by atoms with Crippen LogP contribution in [0.3, 0.4) is 0 Å². The first kappa shape index (κ1) is 29.6. The number of nitrogens with zero attached hydrogens (tertiary/aromatic N) is 1. The second-order valence-corrected chi connectivity index (χ2v) is 13.4. The van der Waals surface area contributed by atoms with Crippen molar-refractivity contribution < 1.29 is 40.5 Å². The SMILES string of the molecule is CNS(=O)(=O)c1cccc(OC[C@@H](O)CNC2COC3(CCN(S(=O)(=O)c4cc(F)ccc4OC)CC3)C2)c1. The standard InChI is InChI=1S/C25H34FN3O8S2/c1-27-38(31,32)22-5-3-4-21(13-22)36-17-20(30)15-28-19-14-25(37-16-19)8-10-29(11-9-25)39(33,34)24-12-18(26)6-7-23(24)35-2/h3-7,12-13,19-20,27-28,30H,8-11,14-17H2,1-2H3/t19?,20-/m0/s1. The van der Waals surface area contributed by atoms with Crippen LogP contribution in [0.4, 0.5) is 4.39 Å². The second-order valence-electron chi connectivity index (χ2n) is 9.65. The van der Waals surface area contributed by atoms with Gasteiger partial charge >= 0.3 is 0 Å². The topological polar surface area (TPSA) is 144 Å². The highest BCUT2D eigenvalue weighted by Gasteiger charge is 2.45. The van der Waals surface area contributed by atoms with E-state index in [0.29, 0.717) is 31.6 Å². The predicted molar refractivity (Wildman–Crippen MR) is 140 cm³/mol. The van der Waals surface area contributed by atoms with Crippen molar-refractivity contribution in [3.05, 3.63) is 48.3 Å². The third kappa shape index (κ3) is 6.88. The van der Waals surface area contributed by atoms with Crippen LogP contribution in [0.2, 0.25) is 0 Å². The van der Waals surface area contributed by atoms with Crippen molar-refractivity contribution in [1.82, 2.24) is 14.3 Å². The Kier molecular flexibility index (Phi) is 9.15. The molecule has 2 atom stereocenters. The van der Waals surface area contributed by atoms with Gasteiger partial charge in [0, 0.05) is 31.7 Å². The van der Waals surface area contributed by atoms with E-state index < -0.39 is 37.6 Å². The van der Waals surface area contributed by atoms with Crippen LogP contribution in [-0.4, -0.2) is 91.0 Å². The molecule has 1 unspecified atom stereocenters. The number of halogens is 1. The summed E-state index contributed by atoms with van der Waals surface area (Å²) in [6.45, 7) is 1.08. The molecule has 1 spiro atoms. The van der Waals surface area contributed by atoms with Gasteiger partial charge in [0.15, 0.2) is 0 Å². The van der Waals surface area contributed by atoms with Gasteiger partial charge in [0.05, 0.1) is 24.2 Å². The number of rotatable bonds is 11. The molecule has 4 rings (SSSR count). The molecule has 0 radical (unpaired) electrons. The molecule has 39 heavy (non-hydrogen) atoms. The number of hydrogen-bond donors (Lipinski definition) is 3. The van der Waals surface area contributed by atoms with Gasteiger partial charge in [-0.05, 0) is 56.6 Å². The zero-order valence-corrected chi connectivity index (χ0v) is 23.4. The van der Waals surface area contributed by atoms with Gasteiger partial charge < -0.3 is 24.6 Å². The summed E-state index contributed by atoms with van der Waals surface area (Å²) in [7, 11) is -4.87. The summed E-state index contributed by atoms with van der Waals surface area (Å²) in [4.78, 5) is -0.128. The van der Waals surface area contributed by atoms with Crippen molar-refractivity contribution >= 4 is 20.0 Å². The third-order valence-corrected chi connectivity index (χ3v) is 10.4. The Balaban J connectivity index is 1.25. The fourth-order valence-electron chi connectivity index (χ4n) is 4.85. The molecule has 2 fully saturated rings. The maximum Gasteiger partial charge on any atom is 0.246 e. The Morgan fingerprint density at radius 1 is 1.18 bits per heavy atom. The number of sulfonamides is 2. The Morgan fingerprint density at radius 3 is 2.62 bits per heavy atom. The average Bonchev–Trinajstić information content (AvgIpc) is 3.33. The fourth-order valence-corrected chi connectivity index (χ4v) is 7.23. The van der Waals surface area contributed by atoms with Crippen LogP contribution in [0.25, 0.3) is 0 Å². The van der Waals surface area contributed by atoms with E-state index in [9.17, 15) is 26.3 Å². The van der Waals surface area contributed by atoms with Gasteiger partial charge in [0.25, 0.3) is 0 Å². The minimum absolute atomic E-state index is 0.0322. The maximum atomic E-state index is 13.8. The molecule has 2 heterocycles. The highest BCUT2D eigenvalue weighted by atomic mass is 32.2. The van der Waals surface area contributed by atoms with Crippen LogP contribution in [0, 0.1) is 5.82 Å². The van der Waals surface area contributed by atoms with E-state index in [1.54, 1.807) is 12.1 Å². The average molecular weight is 588 g/mol. The van der Waals surface area contributed by atoms with Crippen molar-refractivity contribution in [2.45, 2.75) is 46.8 Å². The number of aliphatic hydroxyl groups excluding tert-OH is 1. The van der Waals surface area contributed by atoms with E-state index in [1.165, 1.54) is 36.7 Å². The second kappa shape index (κ2) is 12.0. The molecular weight excluding hydrogens is 553 g/mol. The molecule has 0 aromatic heterocycles. The quantitative estimate of drug-likeness (QED) is 0.352. The number of ether oxygens (including phenoxy) is 3. The van der Waals surface area contributed by atoms with Gasteiger partial charge in [-0.25, -0.2) is 25.9 Å². The molecule has 216 valence electrons. The molecule has 3 N–H and O–H groups in total. The summed E-state index contributed by atoms with van der Waals surface area (Å²) in [6.07, 6.45) is 0.778. The molecule has 11 nitrogen and oxygen atoms in total. The van der Waals surface area contributed by atoms with Crippen LogP contribution in [0.1, 0.15) is 19.3 Å². The van der Waals surface area contributed by atoms with E-state index in [0.717, 1.165) is 12.1 Å². The third-order valence-electron chi connectivity index (χ3n) is 7.06. The first-order chi connectivity index (χ1) is 18.5. The van der Waals surface area contributed by atoms with Crippen LogP contribution in [0.5, 0.6) is 11.5 Å². The Hall–Kier alpha value is -2.33. The van der Waals surface area contributed by atoms with E-state index >= 15 is 0 Å². The minimum Gasteiger partial charge on any atom is -0.495 e. The molecule has 0 bridgehead atoms. The van der Waals surface area contributed by atoms with Crippen molar-refractivity contribution in [3.8, 4) is 11.5 Å². The van der Waals surface area contributed by atoms with Crippen LogP contribution >= 0.6 is 0 Å². The molecule has 2 aliphatic rings. The zero-order valence-electron chi connectivity index (χ0n) is 21.8. The van der Waals surface area contributed by atoms with Crippen LogP contribution < -0.4 is 19.5 Å². The normalized spacial score (nSPS) is 20.7. The number of benzene rings is 2. The smallest absolute Gasteiger partial charge is 0.246 e. The van der Waals surface area contributed by atoms with Crippen molar-refractivity contribution in [2.24, 2.45) is 0 Å². The lowest BCUT2D eigenvalue weighted by atomic mass is 9.88. The lowest BCUT2D eigenvalue weighted by Gasteiger charge is -2.38. The van der Waals surface area contributed by atoms with Crippen LogP contribution in [-0.2, 0) is 24.8 Å². The Bertz CT molecular complexity index is 1370. The van der Waals surface area contributed by atoms with Gasteiger partial charge in [0.2, 0.25) is 20.0 Å². The fraction of sp³-hybridized carbons (Fsp3) is 0.520. The first-order valence-corrected chi connectivity index (χ1v) is 15.5. The molecule has 2 aromatic carbocycles. The summed E-state index contributed by atoms with van der Waals surface area (Å²) in [6, 6.07) is 9.40. The monoisotopic (exact) mass is 587 g/mol. The van der Waals surface area contributed by atoms with E-state index in [1.807, 2.05) is 0 Å². The van der Waals surface area contributed by atoms with Crippen molar-refractivity contribution in [1.29, 1.82) is 0 Å². The number of hydrogen-bond acceptors (Lipinski definition) is 9. The number of nitrogens with one attached hydrogen (secondary N) is 2. The molecule has 0 saturated carbocycles. The van der Waals surface area contributed by atoms with Gasteiger partial charge in [0.1, 0.15) is 34.9 Å². The largest absolute Gasteiger partial charge is 0.495 e. The lowest BCUT2D eigenvalue weighted by molar-refractivity contribution is -0.0312. The van der Waals surface area contributed by atoms with Crippen molar-refractivity contribution in [3.63, 3.8) is 0 Å². The molecule has 0 aliphatic carbocycles. The van der Waals surface area contributed by atoms with Gasteiger partial charge in [-0.2, -0.15) is 4.31 Å². The summed E-state index contributed by atoms with van der Waals surface area (Å²) in [5.41, 5.74) is -0.476. The van der Waals surface area contributed by atoms with Gasteiger partial charge in [-0.15, -0.1) is 0 Å². The molecule has 2 aliphatic heterocycles. The van der Waals surface area contributed by atoms with Crippen molar-refractivity contribution in [2.75, 3.05) is 47.0 Å². The highest BCUT2D eigenvalue weighted by Crippen LogP contribution is 2.38. The number of aliphatic hydroxyl groups is 1. The molecular formula is C25H34FN3O8S2. The molecule has 0 amide bonds. The van der Waals surface area contributed by atoms with E-state index in [4.69, 9.17) is 14.2 Å². The van der Waals surface area contributed by atoms with Gasteiger partial charge in [-0.1, -0.05) is 6.07 Å². The summed E-state index contributed by atoms with van der Waals surface area (Å²) >= 11 is 0. The van der Waals surface area contributed by atoms with E-state index in [-0.39, 0.29) is 47.8 Å². The van der Waals surface area contributed by atoms with Gasteiger partial charge in [-0.3, -0.25) is 0 Å². The number of piperidine rings is 1. The van der Waals surface area contributed by atoms with E-state index in [2.05, 4.69) is 10.0 Å². The first-order valence-electron chi connectivity index (χ1n) is 12.5. The molecule has 14 heteroatoms. The molecule has 2 saturated heterocycles.